The van der Waals surface area contributed by atoms with Gasteiger partial charge in [0.15, 0.2) is 0 Å². The molecule has 0 saturated heterocycles. The lowest BCUT2D eigenvalue weighted by Gasteiger charge is -2.15. The van der Waals surface area contributed by atoms with Crippen molar-refractivity contribution in [2.45, 2.75) is 20.0 Å². The molecule has 2 amide bonds. The van der Waals surface area contributed by atoms with Crippen LogP contribution in [0.5, 0.6) is 5.75 Å². The van der Waals surface area contributed by atoms with Crippen molar-refractivity contribution < 1.29 is 14.3 Å². The number of para-hydroxylation sites is 1. The third kappa shape index (κ3) is 4.34. The number of amides is 2. The van der Waals surface area contributed by atoms with Crippen molar-refractivity contribution in [1.82, 2.24) is 0 Å². The van der Waals surface area contributed by atoms with Gasteiger partial charge in [0.05, 0.1) is 11.8 Å². The number of aldehydes is 1. The molecule has 22 heavy (non-hydrogen) atoms. The number of hydrogen-bond donors (Lipinski definition) is 2. The molecule has 0 unspecified atom stereocenters. The van der Waals surface area contributed by atoms with Gasteiger partial charge >= 0.3 is 6.03 Å². The van der Waals surface area contributed by atoms with Crippen LogP contribution < -0.4 is 15.4 Å². The van der Waals surface area contributed by atoms with E-state index in [1.165, 1.54) is 0 Å². The molecule has 0 fully saturated rings. The van der Waals surface area contributed by atoms with E-state index in [0.717, 1.165) is 6.29 Å². The summed E-state index contributed by atoms with van der Waals surface area (Å²) in [6.45, 7) is 3.78. The lowest BCUT2D eigenvalue weighted by molar-refractivity contribution is 0.112. The Kier molecular flexibility index (Phi) is 5.14. The second-order valence-electron chi connectivity index (χ2n) is 4.99. The van der Waals surface area contributed by atoms with Crippen molar-refractivity contribution in [3.8, 4) is 5.75 Å². The number of hydrogen-bond acceptors (Lipinski definition) is 3. The van der Waals surface area contributed by atoms with Crippen molar-refractivity contribution in [2.75, 3.05) is 10.6 Å². The molecule has 2 rings (SSSR count). The number of urea groups is 1. The molecule has 0 aliphatic heterocycles. The van der Waals surface area contributed by atoms with E-state index in [4.69, 9.17) is 4.74 Å². The maximum absolute atomic E-state index is 12.1. The van der Waals surface area contributed by atoms with Crippen LogP contribution in [0.25, 0.3) is 0 Å². The van der Waals surface area contributed by atoms with Gasteiger partial charge in [0, 0.05) is 11.3 Å². The Hall–Kier alpha value is -2.82. The van der Waals surface area contributed by atoms with E-state index < -0.39 is 6.03 Å². The number of benzene rings is 2. The lowest BCUT2D eigenvalue weighted by atomic mass is 10.2. The minimum absolute atomic E-state index is 0.0418. The molecule has 0 saturated carbocycles. The van der Waals surface area contributed by atoms with E-state index in [1.54, 1.807) is 30.3 Å². The van der Waals surface area contributed by atoms with Gasteiger partial charge in [-0.3, -0.25) is 4.79 Å². The molecule has 5 nitrogen and oxygen atoms in total. The number of anilines is 2. The fourth-order valence-corrected chi connectivity index (χ4v) is 1.88. The third-order valence-corrected chi connectivity index (χ3v) is 2.78. The quantitative estimate of drug-likeness (QED) is 0.822. The smallest absolute Gasteiger partial charge is 0.323 e. The molecular weight excluding hydrogens is 280 g/mol. The number of ether oxygens (including phenoxy) is 1. The van der Waals surface area contributed by atoms with Crippen LogP contribution in [-0.4, -0.2) is 18.4 Å². The Labute approximate surface area is 129 Å². The monoisotopic (exact) mass is 298 g/mol. The first-order valence-corrected chi connectivity index (χ1v) is 6.97. The summed E-state index contributed by atoms with van der Waals surface area (Å²) < 4.78 is 5.64. The minimum Gasteiger partial charge on any atom is -0.489 e. The molecular formula is C17H18N2O3. The van der Waals surface area contributed by atoms with E-state index in [-0.39, 0.29) is 6.10 Å². The number of carbonyl (C=O) groups excluding carboxylic acids is 2. The zero-order valence-corrected chi connectivity index (χ0v) is 12.5. The second-order valence-corrected chi connectivity index (χ2v) is 4.99. The lowest BCUT2D eigenvalue weighted by Crippen LogP contribution is -2.20. The fourth-order valence-electron chi connectivity index (χ4n) is 1.88. The highest BCUT2D eigenvalue weighted by Gasteiger charge is 2.10. The van der Waals surface area contributed by atoms with Crippen LogP contribution in [0.4, 0.5) is 16.2 Å². The summed E-state index contributed by atoms with van der Waals surface area (Å²) >= 11 is 0. The van der Waals surface area contributed by atoms with Gasteiger partial charge in [0.25, 0.3) is 0 Å². The molecule has 0 bridgehead atoms. The Morgan fingerprint density at radius 1 is 1.09 bits per heavy atom. The SMILES string of the molecule is CC(C)Oc1ccc(C=O)cc1NC(=O)Nc1ccccc1. The van der Waals surface area contributed by atoms with Crippen LogP contribution in [0, 0.1) is 0 Å². The average molecular weight is 298 g/mol. The second kappa shape index (κ2) is 7.26. The molecule has 0 spiro atoms. The fraction of sp³-hybridized carbons (Fsp3) is 0.176. The van der Waals surface area contributed by atoms with Gasteiger partial charge in [-0.1, -0.05) is 18.2 Å². The molecule has 0 aromatic heterocycles. The van der Waals surface area contributed by atoms with Gasteiger partial charge in [0.2, 0.25) is 0 Å². The number of nitrogens with one attached hydrogen (secondary N) is 2. The van der Waals surface area contributed by atoms with E-state index in [1.807, 2.05) is 32.0 Å². The van der Waals surface area contributed by atoms with Gasteiger partial charge in [0.1, 0.15) is 12.0 Å². The maximum Gasteiger partial charge on any atom is 0.323 e. The molecule has 2 aromatic rings. The van der Waals surface area contributed by atoms with Crippen LogP contribution in [0.2, 0.25) is 0 Å². The summed E-state index contributed by atoms with van der Waals surface area (Å²) in [6.07, 6.45) is 0.680. The summed E-state index contributed by atoms with van der Waals surface area (Å²) in [6, 6.07) is 13.6. The largest absolute Gasteiger partial charge is 0.489 e. The van der Waals surface area contributed by atoms with Gasteiger partial charge in [-0.2, -0.15) is 0 Å². The van der Waals surface area contributed by atoms with Crippen molar-refractivity contribution in [2.24, 2.45) is 0 Å². The summed E-state index contributed by atoms with van der Waals surface area (Å²) in [5, 5.41) is 5.42. The molecule has 0 heterocycles. The van der Waals surface area contributed by atoms with Gasteiger partial charge in [-0.15, -0.1) is 0 Å². The first kappa shape index (κ1) is 15.6. The predicted molar refractivity (Wildman–Crippen MR) is 86.7 cm³/mol. The molecule has 2 N–H and O–H groups in total. The van der Waals surface area contributed by atoms with Crippen molar-refractivity contribution >= 4 is 23.7 Å². The van der Waals surface area contributed by atoms with E-state index >= 15 is 0 Å². The summed E-state index contributed by atoms with van der Waals surface area (Å²) in [5.74, 6) is 0.517. The van der Waals surface area contributed by atoms with Gasteiger partial charge in [-0.05, 0) is 44.2 Å². The number of rotatable bonds is 5. The van der Waals surface area contributed by atoms with Crippen LogP contribution in [0.1, 0.15) is 24.2 Å². The summed E-state index contributed by atoms with van der Waals surface area (Å²) in [7, 11) is 0. The van der Waals surface area contributed by atoms with Crippen LogP contribution >= 0.6 is 0 Å². The van der Waals surface area contributed by atoms with E-state index in [9.17, 15) is 9.59 Å². The topological polar surface area (TPSA) is 67.4 Å². The Balaban J connectivity index is 2.15. The average Bonchev–Trinajstić information content (AvgIpc) is 2.49. The van der Waals surface area contributed by atoms with Crippen molar-refractivity contribution in [1.29, 1.82) is 0 Å². The Morgan fingerprint density at radius 2 is 1.82 bits per heavy atom. The molecule has 5 heteroatoms. The highest BCUT2D eigenvalue weighted by Crippen LogP contribution is 2.26. The Morgan fingerprint density at radius 3 is 2.45 bits per heavy atom. The molecule has 114 valence electrons. The standard InChI is InChI=1S/C17H18N2O3/c1-12(2)22-16-9-8-13(11-20)10-15(16)19-17(21)18-14-6-4-3-5-7-14/h3-12H,1-2H3,(H2,18,19,21). The third-order valence-electron chi connectivity index (χ3n) is 2.78. The molecule has 0 aliphatic rings. The van der Waals surface area contributed by atoms with Crippen LogP contribution in [0.15, 0.2) is 48.5 Å². The number of carbonyl (C=O) groups is 2. The first-order valence-electron chi connectivity index (χ1n) is 6.97. The maximum atomic E-state index is 12.1. The van der Waals surface area contributed by atoms with Gasteiger partial charge < -0.3 is 15.4 Å². The minimum atomic E-state index is -0.400. The zero-order valence-electron chi connectivity index (χ0n) is 12.5. The van der Waals surface area contributed by atoms with Crippen LogP contribution in [-0.2, 0) is 0 Å². The predicted octanol–water partition coefficient (Wildman–Crippen LogP) is 3.93. The molecule has 0 aliphatic carbocycles. The molecule has 2 aromatic carbocycles. The van der Waals surface area contributed by atoms with Crippen LogP contribution in [0.3, 0.4) is 0 Å². The highest BCUT2D eigenvalue weighted by molar-refractivity contribution is 6.01. The molecule has 0 radical (unpaired) electrons. The molecule has 0 atom stereocenters. The summed E-state index contributed by atoms with van der Waals surface area (Å²) in [5.41, 5.74) is 1.59. The Bertz CT molecular complexity index is 654. The highest BCUT2D eigenvalue weighted by atomic mass is 16.5. The zero-order chi connectivity index (χ0) is 15.9. The summed E-state index contributed by atoms with van der Waals surface area (Å²) in [4.78, 5) is 23.0. The van der Waals surface area contributed by atoms with Gasteiger partial charge in [-0.25, -0.2) is 4.79 Å². The normalized spacial score (nSPS) is 10.1. The van der Waals surface area contributed by atoms with E-state index in [0.29, 0.717) is 22.7 Å². The van der Waals surface area contributed by atoms with Crippen molar-refractivity contribution in [3.05, 3.63) is 54.1 Å². The first-order chi connectivity index (χ1) is 10.6. The van der Waals surface area contributed by atoms with E-state index in [2.05, 4.69) is 10.6 Å². The van der Waals surface area contributed by atoms with Crippen molar-refractivity contribution in [3.63, 3.8) is 0 Å².